The van der Waals surface area contributed by atoms with Crippen LogP contribution in [0.2, 0.25) is 5.02 Å². The SMILES string of the molecule is Cc1ccc(Nc2ncc([C@H](N[S+]([O-])C(C)(C)C)C(C)C)cc2Cl)cn1. The third-order valence-corrected chi connectivity index (χ3v) is 5.72. The maximum Gasteiger partial charge on any atom is 0.149 e. The van der Waals surface area contributed by atoms with Gasteiger partial charge in [0.25, 0.3) is 0 Å². The summed E-state index contributed by atoms with van der Waals surface area (Å²) in [6, 6.07) is 5.62. The second-order valence-corrected chi connectivity index (χ2v) is 10.0. The molecule has 2 atom stereocenters. The van der Waals surface area contributed by atoms with Crippen molar-refractivity contribution in [1.29, 1.82) is 0 Å². The van der Waals surface area contributed by atoms with E-state index in [1.807, 2.05) is 45.9 Å². The van der Waals surface area contributed by atoms with Gasteiger partial charge >= 0.3 is 0 Å². The summed E-state index contributed by atoms with van der Waals surface area (Å²) < 4.78 is 15.4. The minimum atomic E-state index is -1.18. The van der Waals surface area contributed by atoms with E-state index in [4.69, 9.17) is 11.6 Å². The molecule has 0 radical (unpaired) electrons. The molecule has 0 fully saturated rings. The molecule has 7 heteroatoms. The molecule has 26 heavy (non-hydrogen) atoms. The number of aromatic nitrogens is 2. The summed E-state index contributed by atoms with van der Waals surface area (Å²) in [6.45, 7) is 11.9. The molecule has 1 unspecified atom stereocenters. The van der Waals surface area contributed by atoms with Crippen LogP contribution in [0.5, 0.6) is 0 Å². The Kier molecular flexibility index (Phi) is 6.91. The third-order valence-electron chi connectivity index (χ3n) is 3.85. The quantitative estimate of drug-likeness (QED) is 0.679. The normalized spacial score (nSPS) is 14.3. The van der Waals surface area contributed by atoms with E-state index in [9.17, 15) is 4.55 Å². The first-order valence-electron chi connectivity index (χ1n) is 8.61. The molecule has 0 aromatic carbocycles. The van der Waals surface area contributed by atoms with Crippen LogP contribution in [0.25, 0.3) is 0 Å². The average Bonchev–Trinajstić information content (AvgIpc) is 2.55. The van der Waals surface area contributed by atoms with Gasteiger partial charge in [0.1, 0.15) is 10.6 Å². The van der Waals surface area contributed by atoms with Crippen LogP contribution >= 0.6 is 11.6 Å². The molecule has 0 saturated heterocycles. The zero-order valence-electron chi connectivity index (χ0n) is 16.1. The highest BCUT2D eigenvalue weighted by atomic mass is 35.5. The Morgan fingerprint density at radius 1 is 1.15 bits per heavy atom. The van der Waals surface area contributed by atoms with Crippen molar-refractivity contribution in [3.63, 3.8) is 0 Å². The van der Waals surface area contributed by atoms with Crippen molar-refractivity contribution in [2.24, 2.45) is 5.92 Å². The topological polar surface area (TPSA) is 72.9 Å². The van der Waals surface area contributed by atoms with Crippen molar-refractivity contribution in [1.82, 2.24) is 14.7 Å². The minimum Gasteiger partial charge on any atom is -0.598 e. The smallest absolute Gasteiger partial charge is 0.149 e. The highest BCUT2D eigenvalue weighted by molar-refractivity contribution is 7.90. The molecule has 2 N–H and O–H groups in total. The maximum atomic E-state index is 12.5. The second-order valence-electron chi connectivity index (χ2n) is 7.63. The molecular formula is C19H27ClN4OS. The number of hydrogen-bond donors (Lipinski definition) is 2. The van der Waals surface area contributed by atoms with Crippen LogP contribution in [0.1, 0.15) is 51.9 Å². The van der Waals surface area contributed by atoms with Gasteiger partial charge in [-0.05, 0) is 57.4 Å². The first-order valence-corrected chi connectivity index (χ1v) is 10.1. The minimum absolute atomic E-state index is 0.102. The van der Waals surface area contributed by atoms with Gasteiger partial charge in [-0.25, -0.2) is 4.98 Å². The molecule has 0 aliphatic carbocycles. The maximum absolute atomic E-state index is 12.5. The predicted octanol–water partition coefficient (Wildman–Crippen LogP) is 4.93. The van der Waals surface area contributed by atoms with Crippen LogP contribution in [0.4, 0.5) is 11.5 Å². The number of anilines is 2. The van der Waals surface area contributed by atoms with Gasteiger partial charge in [-0.15, -0.1) is 4.72 Å². The van der Waals surface area contributed by atoms with E-state index in [1.165, 1.54) is 0 Å². The molecule has 0 amide bonds. The van der Waals surface area contributed by atoms with Gasteiger partial charge in [0.15, 0.2) is 0 Å². The number of halogens is 1. The second kappa shape index (κ2) is 8.57. The van der Waals surface area contributed by atoms with Crippen LogP contribution in [0, 0.1) is 12.8 Å². The third kappa shape index (κ3) is 5.58. The van der Waals surface area contributed by atoms with Crippen molar-refractivity contribution >= 4 is 34.5 Å². The molecule has 0 spiro atoms. The summed E-state index contributed by atoms with van der Waals surface area (Å²) in [4.78, 5) is 8.71. The fourth-order valence-electron chi connectivity index (χ4n) is 2.27. The molecule has 0 saturated carbocycles. The lowest BCUT2D eigenvalue weighted by Crippen LogP contribution is -2.42. The standard InChI is InChI=1S/C19H27ClN4OS/c1-12(2)17(24-26(25)19(4,5)6)14-9-16(20)18(22-10-14)23-15-8-7-13(3)21-11-15/h7-12,17,24H,1-6H3,(H,22,23)/t17-,26?/m1/s1. The Morgan fingerprint density at radius 3 is 2.35 bits per heavy atom. The Labute approximate surface area is 164 Å². The van der Waals surface area contributed by atoms with Gasteiger partial charge in [-0.2, -0.15) is 0 Å². The van der Waals surface area contributed by atoms with Crippen LogP contribution in [0.3, 0.4) is 0 Å². The van der Waals surface area contributed by atoms with Crippen molar-refractivity contribution in [3.05, 3.63) is 46.9 Å². The van der Waals surface area contributed by atoms with E-state index in [0.29, 0.717) is 10.8 Å². The molecule has 142 valence electrons. The van der Waals surface area contributed by atoms with Gasteiger partial charge < -0.3 is 9.87 Å². The number of nitrogens with one attached hydrogen (secondary N) is 2. The lowest BCUT2D eigenvalue weighted by Gasteiger charge is -2.30. The van der Waals surface area contributed by atoms with Crippen molar-refractivity contribution in [2.75, 3.05) is 5.32 Å². The number of pyridine rings is 2. The van der Waals surface area contributed by atoms with Crippen molar-refractivity contribution in [3.8, 4) is 0 Å². The first-order chi connectivity index (χ1) is 12.1. The highest BCUT2D eigenvalue weighted by Crippen LogP contribution is 2.30. The van der Waals surface area contributed by atoms with Gasteiger partial charge in [0.2, 0.25) is 0 Å². The van der Waals surface area contributed by atoms with Crippen molar-refractivity contribution in [2.45, 2.75) is 52.3 Å². The fraction of sp³-hybridized carbons (Fsp3) is 0.474. The number of rotatable bonds is 6. The Bertz CT molecular complexity index is 731. The van der Waals surface area contributed by atoms with Crippen LogP contribution in [0.15, 0.2) is 30.6 Å². The monoisotopic (exact) mass is 394 g/mol. The predicted molar refractivity (Wildman–Crippen MR) is 110 cm³/mol. The summed E-state index contributed by atoms with van der Waals surface area (Å²) in [6.07, 6.45) is 3.51. The molecule has 2 aromatic heterocycles. The molecule has 0 aliphatic heterocycles. The van der Waals surface area contributed by atoms with Gasteiger partial charge in [0, 0.05) is 23.3 Å². The molecule has 0 bridgehead atoms. The average molecular weight is 395 g/mol. The fourth-order valence-corrected chi connectivity index (χ4v) is 3.49. The van der Waals surface area contributed by atoms with Crippen LogP contribution in [-0.2, 0) is 11.4 Å². The zero-order valence-corrected chi connectivity index (χ0v) is 17.7. The lowest BCUT2D eigenvalue weighted by atomic mass is 9.98. The molecule has 0 aliphatic rings. The highest BCUT2D eigenvalue weighted by Gasteiger charge is 2.31. The zero-order chi connectivity index (χ0) is 19.5. The summed E-state index contributed by atoms with van der Waals surface area (Å²) in [5.41, 5.74) is 2.68. The number of hydrogen-bond acceptors (Lipinski definition) is 5. The summed E-state index contributed by atoms with van der Waals surface area (Å²) in [5, 5.41) is 3.69. The molecule has 2 heterocycles. The van der Waals surface area contributed by atoms with Crippen LogP contribution < -0.4 is 10.0 Å². The summed E-state index contributed by atoms with van der Waals surface area (Å²) >= 11 is 5.26. The van der Waals surface area contributed by atoms with Crippen LogP contribution in [-0.4, -0.2) is 19.3 Å². The number of nitrogens with zero attached hydrogens (tertiary/aromatic N) is 2. The lowest BCUT2D eigenvalue weighted by molar-refractivity contribution is 0.451. The van der Waals surface area contributed by atoms with E-state index in [0.717, 1.165) is 16.9 Å². The van der Waals surface area contributed by atoms with E-state index in [2.05, 4.69) is 33.9 Å². The molecule has 2 aromatic rings. The molecular weight excluding hydrogens is 368 g/mol. The van der Waals surface area contributed by atoms with E-state index in [-0.39, 0.29) is 16.7 Å². The Balaban J connectivity index is 2.21. The summed E-state index contributed by atoms with van der Waals surface area (Å²) in [5.74, 6) is 0.805. The number of aryl methyl sites for hydroxylation is 1. The first kappa shape index (κ1) is 21.0. The van der Waals surface area contributed by atoms with E-state index < -0.39 is 11.4 Å². The van der Waals surface area contributed by atoms with Gasteiger partial charge in [-0.3, -0.25) is 4.98 Å². The van der Waals surface area contributed by atoms with Gasteiger partial charge in [-0.1, -0.05) is 25.4 Å². The Morgan fingerprint density at radius 2 is 1.85 bits per heavy atom. The largest absolute Gasteiger partial charge is 0.598 e. The van der Waals surface area contributed by atoms with Gasteiger partial charge in [0.05, 0.1) is 22.9 Å². The van der Waals surface area contributed by atoms with E-state index >= 15 is 0 Å². The molecule has 2 rings (SSSR count). The Hall–Kier alpha value is -1.34. The molecule has 5 nitrogen and oxygen atoms in total. The summed E-state index contributed by atoms with van der Waals surface area (Å²) in [7, 11) is 0. The van der Waals surface area contributed by atoms with Crippen molar-refractivity contribution < 1.29 is 4.55 Å². The van der Waals surface area contributed by atoms with E-state index in [1.54, 1.807) is 12.4 Å².